The second-order valence-electron chi connectivity index (χ2n) is 9.39. The molecule has 9 heteroatoms. The van der Waals surface area contributed by atoms with Gasteiger partial charge in [-0.05, 0) is 49.9 Å². The summed E-state index contributed by atoms with van der Waals surface area (Å²) in [6.07, 6.45) is 0.778. The summed E-state index contributed by atoms with van der Waals surface area (Å²) in [4.78, 5) is 32.1. The molecule has 2 aromatic rings. The van der Waals surface area contributed by atoms with Gasteiger partial charge in [0.1, 0.15) is 5.92 Å². The Labute approximate surface area is 228 Å². The van der Waals surface area contributed by atoms with Gasteiger partial charge in [-0.3, -0.25) is 14.6 Å². The standard InChI is InChI=1S/C30H35NO8/c1-8-39-30(33)25-16(2)31-20-13-18(17-9-11-22(34-3)24(15-17)36-5)14-21(32)27(20)26(25)19-10-12-23(35-4)29(38-7)28(19)37-6/h9-12,15,18,25-26H,8,13-14H2,1-7H3. The van der Waals surface area contributed by atoms with Crippen molar-refractivity contribution in [1.82, 2.24) is 0 Å². The van der Waals surface area contributed by atoms with Crippen LogP contribution in [0.15, 0.2) is 46.6 Å². The lowest BCUT2D eigenvalue weighted by Gasteiger charge is -2.37. The fraction of sp³-hybridized carbons (Fsp3) is 0.433. The van der Waals surface area contributed by atoms with Gasteiger partial charge in [0.15, 0.2) is 28.8 Å². The molecular weight excluding hydrogens is 502 g/mol. The molecular formula is C30H35NO8. The molecule has 0 bridgehead atoms. The number of Topliss-reactive ketones (excluding diaryl/α,β-unsaturated/α-hetero) is 1. The zero-order valence-corrected chi connectivity index (χ0v) is 23.5. The van der Waals surface area contributed by atoms with Crippen molar-refractivity contribution < 1.29 is 38.0 Å². The van der Waals surface area contributed by atoms with E-state index in [1.165, 1.54) is 21.3 Å². The highest BCUT2D eigenvalue weighted by Gasteiger charge is 2.46. The average molecular weight is 538 g/mol. The van der Waals surface area contributed by atoms with E-state index in [1.807, 2.05) is 24.3 Å². The van der Waals surface area contributed by atoms with Crippen LogP contribution in [0.25, 0.3) is 0 Å². The number of nitrogens with zero attached hydrogens (tertiary/aromatic N) is 1. The van der Waals surface area contributed by atoms with E-state index in [1.54, 1.807) is 34.1 Å². The molecule has 0 N–H and O–H groups in total. The molecule has 3 unspecified atom stereocenters. The first-order chi connectivity index (χ1) is 18.8. The van der Waals surface area contributed by atoms with Gasteiger partial charge in [0.25, 0.3) is 0 Å². The second-order valence-corrected chi connectivity index (χ2v) is 9.39. The zero-order valence-electron chi connectivity index (χ0n) is 23.5. The highest BCUT2D eigenvalue weighted by atomic mass is 16.5. The van der Waals surface area contributed by atoms with Crippen LogP contribution in [-0.2, 0) is 14.3 Å². The summed E-state index contributed by atoms with van der Waals surface area (Å²) in [5, 5.41) is 0. The van der Waals surface area contributed by atoms with Crippen LogP contribution in [0.3, 0.4) is 0 Å². The molecule has 1 aliphatic heterocycles. The number of allylic oxidation sites excluding steroid dienone is 2. The van der Waals surface area contributed by atoms with Crippen LogP contribution in [0, 0.1) is 5.92 Å². The third-order valence-electron chi connectivity index (χ3n) is 7.38. The molecule has 1 aliphatic carbocycles. The Morgan fingerprint density at radius 1 is 0.872 bits per heavy atom. The number of carbonyl (C=O) groups excluding carboxylic acids is 2. The molecule has 39 heavy (non-hydrogen) atoms. The molecule has 0 aromatic heterocycles. The number of ketones is 1. The molecule has 2 aromatic carbocycles. The van der Waals surface area contributed by atoms with E-state index < -0.39 is 17.8 Å². The fourth-order valence-corrected chi connectivity index (χ4v) is 5.64. The Kier molecular flexibility index (Phi) is 8.47. The van der Waals surface area contributed by atoms with E-state index in [-0.39, 0.29) is 24.7 Å². The quantitative estimate of drug-likeness (QED) is 0.418. The van der Waals surface area contributed by atoms with Gasteiger partial charge in [0.05, 0.1) is 42.2 Å². The first-order valence-corrected chi connectivity index (χ1v) is 12.8. The zero-order chi connectivity index (χ0) is 28.3. The maximum absolute atomic E-state index is 14.0. The minimum Gasteiger partial charge on any atom is -0.493 e. The largest absolute Gasteiger partial charge is 0.493 e. The molecule has 0 radical (unpaired) electrons. The third kappa shape index (κ3) is 5.05. The van der Waals surface area contributed by atoms with E-state index in [4.69, 9.17) is 33.4 Å². The lowest BCUT2D eigenvalue weighted by molar-refractivity contribution is -0.146. The number of hydrogen-bond donors (Lipinski definition) is 0. The first-order valence-electron chi connectivity index (χ1n) is 12.8. The molecule has 0 spiro atoms. The monoisotopic (exact) mass is 537 g/mol. The molecule has 2 aliphatic rings. The number of ether oxygens (including phenoxy) is 6. The summed E-state index contributed by atoms with van der Waals surface area (Å²) in [6, 6.07) is 9.25. The topological polar surface area (TPSA) is 102 Å². The number of esters is 1. The van der Waals surface area contributed by atoms with Crippen LogP contribution in [-0.4, -0.2) is 59.6 Å². The van der Waals surface area contributed by atoms with Crippen molar-refractivity contribution in [1.29, 1.82) is 0 Å². The molecule has 9 nitrogen and oxygen atoms in total. The van der Waals surface area contributed by atoms with Crippen LogP contribution < -0.4 is 23.7 Å². The minimum absolute atomic E-state index is 0.0802. The fourth-order valence-electron chi connectivity index (χ4n) is 5.64. The normalized spacial score (nSPS) is 20.5. The lowest BCUT2D eigenvalue weighted by Crippen LogP contribution is -2.38. The van der Waals surface area contributed by atoms with Gasteiger partial charge in [0, 0.05) is 34.9 Å². The third-order valence-corrected chi connectivity index (χ3v) is 7.38. The summed E-state index contributed by atoms with van der Waals surface area (Å²) in [6.45, 7) is 3.76. The predicted octanol–water partition coefficient (Wildman–Crippen LogP) is 4.87. The number of benzene rings is 2. The number of aliphatic imine (C=N–C) groups is 1. The van der Waals surface area contributed by atoms with Crippen molar-refractivity contribution in [2.24, 2.45) is 10.9 Å². The summed E-state index contributed by atoms with van der Waals surface area (Å²) in [5.74, 6) is 0.382. The van der Waals surface area contributed by atoms with E-state index in [0.717, 1.165) is 5.56 Å². The van der Waals surface area contributed by atoms with Crippen molar-refractivity contribution in [3.63, 3.8) is 0 Å². The Hall–Kier alpha value is -4.01. The van der Waals surface area contributed by atoms with Crippen molar-refractivity contribution in [3.05, 3.63) is 52.7 Å². The van der Waals surface area contributed by atoms with Crippen LogP contribution in [0.2, 0.25) is 0 Å². The molecule has 0 amide bonds. The SMILES string of the molecule is CCOC(=O)C1C(C)=NC2=C(C(=O)CC(c3ccc(OC)c(OC)c3)C2)C1c1ccc(OC)c(OC)c1OC. The smallest absolute Gasteiger partial charge is 0.315 e. The number of hydrogen-bond acceptors (Lipinski definition) is 9. The van der Waals surface area contributed by atoms with Gasteiger partial charge in [-0.15, -0.1) is 0 Å². The maximum Gasteiger partial charge on any atom is 0.315 e. The molecule has 0 fully saturated rings. The van der Waals surface area contributed by atoms with Gasteiger partial charge in [0.2, 0.25) is 5.75 Å². The average Bonchev–Trinajstić information content (AvgIpc) is 2.94. The van der Waals surface area contributed by atoms with Crippen molar-refractivity contribution in [2.75, 3.05) is 42.2 Å². The number of carbonyl (C=O) groups is 2. The van der Waals surface area contributed by atoms with E-state index >= 15 is 0 Å². The van der Waals surface area contributed by atoms with Gasteiger partial charge in [-0.1, -0.05) is 12.1 Å². The molecule has 208 valence electrons. The van der Waals surface area contributed by atoms with Gasteiger partial charge in [-0.25, -0.2) is 0 Å². The Morgan fingerprint density at radius 3 is 2.15 bits per heavy atom. The van der Waals surface area contributed by atoms with Crippen molar-refractivity contribution >= 4 is 17.5 Å². The molecule has 1 heterocycles. The summed E-state index contributed by atoms with van der Waals surface area (Å²) < 4.78 is 33.2. The van der Waals surface area contributed by atoms with E-state index in [0.29, 0.717) is 57.7 Å². The Bertz CT molecular complexity index is 1330. The second kappa shape index (κ2) is 11.8. The maximum atomic E-state index is 14.0. The van der Waals surface area contributed by atoms with Gasteiger partial charge >= 0.3 is 5.97 Å². The molecule has 4 rings (SSSR count). The van der Waals surface area contributed by atoms with Crippen molar-refractivity contribution in [2.45, 2.75) is 38.5 Å². The number of rotatable bonds is 9. The molecule has 0 saturated heterocycles. The summed E-state index contributed by atoms with van der Waals surface area (Å²) in [7, 11) is 7.75. The predicted molar refractivity (Wildman–Crippen MR) is 146 cm³/mol. The first kappa shape index (κ1) is 28.0. The van der Waals surface area contributed by atoms with E-state index in [9.17, 15) is 9.59 Å². The van der Waals surface area contributed by atoms with Crippen LogP contribution in [0.5, 0.6) is 28.7 Å². The van der Waals surface area contributed by atoms with Crippen molar-refractivity contribution in [3.8, 4) is 28.7 Å². The van der Waals surface area contributed by atoms with Crippen LogP contribution >= 0.6 is 0 Å². The van der Waals surface area contributed by atoms with Gasteiger partial charge < -0.3 is 28.4 Å². The van der Waals surface area contributed by atoms with E-state index in [2.05, 4.69) is 0 Å². The van der Waals surface area contributed by atoms with Crippen LogP contribution in [0.4, 0.5) is 0 Å². The van der Waals surface area contributed by atoms with Crippen LogP contribution in [0.1, 0.15) is 49.7 Å². The highest BCUT2D eigenvalue weighted by molar-refractivity contribution is 6.09. The number of methoxy groups -OCH3 is 5. The minimum atomic E-state index is -0.794. The van der Waals surface area contributed by atoms with Gasteiger partial charge in [-0.2, -0.15) is 0 Å². The highest BCUT2D eigenvalue weighted by Crippen LogP contribution is 2.52. The lowest BCUT2D eigenvalue weighted by atomic mass is 9.69. The molecule has 0 saturated carbocycles. The Morgan fingerprint density at radius 2 is 1.54 bits per heavy atom. The summed E-state index contributed by atoms with van der Waals surface area (Å²) in [5.41, 5.74) is 3.32. The Balaban J connectivity index is 1.87. The summed E-state index contributed by atoms with van der Waals surface area (Å²) >= 11 is 0. The molecule has 3 atom stereocenters.